The van der Waals surface area contributed by atoms with Gasteiger partial charge in [-0.05, 0) is 98.2 Å². The van der Waals surface area contributed by atoms with Crippen molar-refractivity contribution < 1.29 is 24.2 Å². The molecule has 36 heavy (non-hydrogen) atoms. The van der Waals surface area contributed by atoms with Gasteiger partial charge in [0.25, 0.3) is 0 Å². The number of carbonyl (C=O) groups excluding carboxylic acids is 3. The topological polar surface area (TPSA) is 80.7 Å². The minimum atomic E-state index is -1.19. The first-order chi connectivity index (χ1) is 16.7. The summed E-state index contributed by atoms with van der Waals surface area (Å²) < 4.78 is 5.26. The molecule has 5 rings (SSSR count). The van der Waals surface area contributed by atoms with E-state index in [9.17, 15) is 19.5 Å². The van der Waals surface area contributed by atoms with Crippen LogP contribution in [0.1, 0.15) is 86.5 Å². The van der Waals surface area contributed by atoms with E-state index in [2.05, 4.69) is 40.7 Å². The number of aliphatic hydroxyl groups excluding tert-OH is 1. The number of ketones is 2. The van der Waals surface area contributed by atoms with Gasteiger partial charge < -0.3 is 9.84 Å². The Kier molecular flexibility index (Phi) is 5.36. The molecule has 5 nitrogen and oxygen atoms in total. The van der Waals surface area contributed by atoms with Crippen molar-refractivity contribution in [3.8, 4) is 0 Å². The summed E-state index contributed by atoms with van der Waals surface area (Å²) >= 11 is 0. The van der Waals surface area contributed by atoms with Crippen LogP contribution in [-0.2, 0) is 19.1 Å². The molecule has 1 N–H and O–H groups in total. The van der Waals surface area contributed by atoms with E-state index in [0.29, 0.717) is 5.92 Å². The lowest BCUT2D eigenvalue weighted by atomic mass is 9.34. The Morgan fingerprint density at radius 1 is 0.944 bits per heavy atom. The number of ether oxygens (including phenoxy) is 1. The van der Waals surface area contributed by atoms with Crippen LogP contribution in [0.25, 0.3) is 0 Å². The van der Waals surface area contributed by atoms with Crippen molar-refractivity contribution in [2.45, 2.75) is 86.5 Å². The SMILES string of the molecule is COC(=O)[C@]1(C)CC[C@]2(C)CC[C@]3(C)C4=CC=C5C(=CC(=O)C(=O)[C@@]5(C)CO)[C@]4(C)CC[C@@]3(C)[C@@H]2C1. The Bertz CT molecular complexity index is 1160. The molecule has 0 heterocycles. The second-order valence-electron chi connectivity index (χ2n) is 13.9. The van der Waals surface area contributed by atoms with Crippen LogP contribution < -0.4 is 0 Å². The van der Waals surface area contributed by atoms with Gasteiger partial charge in [-0.2, -0.15) is 0 Å². The molecule has 0 unspecified atom stereocenters. The number of hydrogen-bond acceptors (Lipinski definition) is 5. The van der Waals surface area contributed by atoms with E-state index in [1.807, 2.05) is 6.08 Å². The van der Waals surface area contributed by atoms with Crippen molar-refractivity contribution in [3.63, 3.8) is 0 Å². The smallest absolute Gasteiger partial charge is 0.311 e. The maximum absolute atomic E-state index is 12.9. The predicted octanol–water partition coefficient (Wildman–Crippen LogP) is 5.52. The summed E-state index contributed by atoms with van der Waals surface area (Å²) in [6, 6.07) is 0. The maximum Gasteiger partial charge on any atom is 0.311 e. The number of esters is 1. The van der Waals surface area contributed by atoms with Gasteiger partial charge in [0, 0.05) is 5.41 Å². The second-order valence-corrected chi connectivity index (χ2v) is 13.9. The third kappa shape index (κ3) is 2.90. The number of aliphatic hydroxyl groups is 1. The van der Waals surface area contributed by atoms with E-state index in [1.54, 1.807) is 13.0 Å². The first kappa shape index (κ1) is 25.6. The van der Waals surface area contributed by atoms with Crippen molar-refractivity contribution in [1.29, 1.82) is 0 Å². The van der Waals surface area contributed by atoms with E-state index >= 15 is 0 Å². The Labute approximate surface area is 215 Å². The monoisotopic (exact) mass is 494 g/mol. The molecule has 5 aliphatic carbocycles. The van der Waals surface area contributed by atoms with Crippen LogP contribution in [0.4, 0.5) is 0 Å². The fourth-order valence-electron chi connectivity index (χ4n) is 9.28. The lowest BCUT2D eigenvalue weighted by Crippen LogP contribution is -2.62. The molecule has 0 aromatic heterocycles. The summed E-state index contributed by atoms with van der Waals surface area (Å²) in [5, 5.41) is 10.2. The molecule has 3 fully saturated rings. The van der Waals surface area contributed by atoms with Gasteiger partial charge in [-0.3, -0.25) is 14.4 Å². The number of rotatable bonds is 2. The average Bonchev–Trinajstić information content (AvgIpc) is 2.85. The minimum absolute atomic E-state index is 0.0122. The fraction of sp³-hybridized carbons (Fsp3) is 0.710. The van der Waals surface area contributed by atoms with Crippen LogP contribution in [0.3, 0.4) is 0 Å². The molecular formula is C31H42O5. The Morgan fingerprint density at radius 2 is 1.61 bits per heavy atom. The number of hydrogen-bond donors (Lipinski definition) is 1. The summed E-state index contributed by atoms with van der Waals surface area (Å²) in [6.45, 7) is 12.9. The Hall–Kier alpha value is -2.01. The van der Waals surface area contributed by atoms with Crippen molar-refractivity contribution in [1.82, 2.24) is 0 Å². The highest BCUT2D eigenvalue weighted by Gasteiger charge is 2.68. The number of allylic oxidation sites excluding steroid dienone is 5. The maximum atomic E-state index is 12.9. The molecule has 5 aliphatic rings. The van der Waals surface area contributed by atoms with Crippen LogP contribution in [0.2, 0.25) is 0 Å². The molecule has 0 aromatic rings. The van der Waals surface area contributed by atoms with Gasteiger partial charge in [0.1, 0.15) is 0 Å². The van der Waals surface area contributed by atoms with Gasteiger partial charge in [-0.1, -0.05) is 45.4 Å². The Morgan fingerprint density at radius 3 is 2.25 bits per heavy atom. The summed E-state index contributed by atoms with van der Waals surface area (Å²) in [5.74, 6) is -0.741. The molecule has 0 spiro atoms. The highest BCUT2D eigenvalue weighted by molar-refractivity contribution is 6.45. The molecule has 0 bridgehead atoms. The van der Waals surface area contributed by atoms with Crippen LogP contribution in [0, 0.1) is 38.4 Å². The van der Waals surface area contributed by atoms with Crippen molar-refractivity contribution in [2.75, 3.05) is 13.7 Å². The van der Waals surface area contributed by atoms with Gasteiger partial charge in [-0.25, -0.2) is 0 Å². The first-order valence-corrected chi connectivity index (χ1v) is 13.6. The minimum Gasteiger partial charge on any atom is -0.469 e. The standard InChI is InChI=1S/C31H42O5/c1-26-10-11-27(2,25(35)36-7)17-23(26)31(6)15-13-28(3)20-16-21(33)24(34)29(4,18-32)19(20)8-9-22(28)30(31,5)14-12-26/h8-9,16,23,32H,10-15,17-18H2,1-7H3/t23-,26-,27-,28+,29+,30-,31+/m1/s1. The summed E-state index contributed by atoms with van der Waals surface area (Å²) in [4.78, 5) is 38.5. The van der Waals surface area contributed by atoms with Crippen LogP contribution in [0.5, 0.6) is 0 Å². The lowest BCUT2D eigenvalue weighted by molar-refractivity contribution is -0.180. The van der Waals surface area contributed by atoms with Crippen molar-refractivity contribution in [2.24, 2.45) is 38.4 Å². The first-order valence-electron chi connectivity index (χ1n) is 13.6. The van der Waals surface area contributed by atoms with E-state index in [4.69, 9.17) is 4.74 Å². The number of fused-ring (bicyclic) bond motifs is 7. The zero-order valence-electron chi connectivity index (χ0n) is 23.0. The predicted molar refractivity (Wildman–Crippen MR) is 138 cm³/mol. The molecular weight excluding hydrogens is 452 g/mol. The molecule has 3 saturated carbocycles. The molecule has 0 amide bonds. The molecule has 0 aromatic carbocycles. The highest BCUT2D eigenvalue weighted by atomic mass is 16.5. The zero-order valence-corrected chi connectivity index (χ0v) is 23.0. The second kappa shape index (κ2) is 7.52. The normalized spacial score (nSPS) is 47.9. The van der Waals surface area contributed by atoms with Crippen molar-refractivity contribution in [3.05, 3.63) is 34.9 Å². The van der Waals surface area contributed by atoms with Gasteiger partial charge in [-0.15, -0.1) is 0 Å². The summed E-state index contributed by atoms with van der Waals surface area (Å²) in [7, 11) is 1.50. The van der Waals surface area contributed by atoms with Gasteiger partial charge in [0.05, 0.1) is 24.5 Å². The lowest BCUT2D eigenvalue weighted by Gasteiger charge is -2.70. The van der Waals surface area contributed by atoms with Gasteiger partial charge in [0.15, 0.2) is 0 Å². The fourth-order valence-corrected chi connectivity index (χ4v) is 9.28. The average molecular weight is 495 g/mol. The van der Waals surface area contributed by atoms with Gasteiger partial charge >= 0.3 is 5.97 Å². The molecule has 0 saturated heterocycles. The van der Waals surface area contributed by atoms with Crippen molar-refractivity contribution >= 4 is 17.5 Å². The van der Waals surface area contributed by atoms with E-state index in [1.165, 1.54) is 12.7 Å². The molecule has 5 heteroatoms. The van der Waals surface area contributed by atoms with Crippen LogP contribution in [0.15, 0.2) is 34.9 Å². The largest absolute Gasteiger partial charge is 0.469 e. The molecule has 196 valence electrons. The molecule has 7 atom stereocenters. The number of Topliss-reactive ketones (excluding diaryl/α,β-unsaturated/α-hetero) is 1. The van der Waals surface area contributed by atoms with E-state index in [0.717, 1.165) is 56.1 Å². The summed E-state index contributed by atoms with van der Waals surface area (Å²) in [6.07, 6.45) is 12.6. The third-order valence-electron chi connectivity index (χ3n) is 12.2. The highest BCUT2D eigenvalue weighted by Crippen LogP contribution is 2.75. The van der Waals surface area contributed by atoms with Crippen LogP contribution >= 0.6 is 0 Å². The molecule has 0 radical (unpaired) electrons. The Balaban J connectivity index is 1.64. The van der Waals surface area contributed by atoms with E-state index < -0.39 is 22.4 Å². The molecule has 0 aliphatic heterocycles. The number of carbonyl (C=O) groups is 3. The third-order valence-corrected chi connectivity index (χ3v) is 12.2. The van der Waals surface area contributed by atoms with Crippen LogP contribution in [-0.4, -0.2) is 36.4 Å². The van der Waals surface area contributed by atoms with Gasteiger partial charge in [0.2, 0.25) is 11.6 Å². The summed E-state index contributed by atoms with van der Waals surface area (Å²) in [5.41, 5.74) is 1.11. The van der Waals surface area contributed by atoms with E-state index in [-0.39, 0.29) is 34.2 Å². The number of methoxy groups -OCH3 is 1. The quantitative estimate of drug-likeness (QED) is 0.404. The zero-order chi connectivity index (χ0) is 26.5.